The highest BCUT2D eigenvalue weighted by atomic mass is 16.2. The highest BCUT2D eigenvalue weighted by molar-refractivity contribution is 5.94. The van der Waals surface area contributed by atoms with E-state index in [1.165, 1.54) is 16.7 Å². The third-order valence-electron chi connectivity index (χ3n) is 7.22. The molecule has 5 rings (SSSR count). The molecule has 1 fully saturated rings. The van der Waals surface area contributed by atoms with Gasteiger partial charge in [-0.25, -0.2) is 0 Å². The van der Waals surface area contributed by atoms with Gasteiger partial charge in [0.2, 0.25) is 0 Å². The van der Waals surface area contributed by atoms with Crippen molar-refractivity contribution in [2.45, 2.75) is 31.8 Å². The molecule has 3 aromatic rings. The Balaban J connectivity index is 1.12. The number of aromatic amines is 1. The molecule has 0 bridgehead atoms. The molecule has 0 radical (unpaired) electrons. The van der Waals surface area contributed by atoms with E-state index >= 15 is 0 Å². The van der Waals surface area contributed by atoms with Gasteiger partial charge in [-0.1, -0.05) is 66.7 Å². The Morgan fingerprint density at radius 1 is 0.944 bits per heavy atom. The van der Waals surface area contributed by atoms with E-state index in [1.807, 2.05) is 24.3 Å². The zero-order chi connectivity index (χ0) is 24.7. The van der Waals surface area contributed by atoms with Gasteiger partial charge in [0.05, 0.1) is 6.04 Å². The van der Waals surface area contributed by atoms with Gasteiger partial charge in [-0.15, -0.1) is 0 Å². The fourth-order valence-electron chi connectivity index (χ4n) is 5.20. The van der Waals surface area contributed by atoms with Crippen LogP contribution < -0.4 is 10.9 Å². The molecule has 1 aliphatic carbocycles. The van der Waals surface area contributed by atoms with Crippen LogP contribution >= 0.6 is 0 Å². The van der Waals surface area contributed by atoms with Crippen molar-refractivity contribution in [1.29, 1.82) is 0 Å². The first-order valence-corrected chi connectivity index (χ1v) is 12.9. The molecule has 0 spiro atoms. The van der Waals surface area contributed by atoms with Crippen molar-refractivity contribution in [3.05, 3.63) is 111 Å². The molecular weight excluding hydrogens is 448 g/mol. The monoisotopic (exact) mass is 482 g/mol. The zero-order valence-electron chi connectivity index (χ0n) is 20.7. The lowest BCUT2D eigenvalue weighted by Crippen LogP contribution is -2.46. The van der Waals surface area contributed by atoms with E-state index in [4.69, 9.17) is 0 Å². The number of carbonyl (C=O) groups excluding carboxylic acids is 1. The first kappa shape index (κ1) is 24.2. The average Bonchev–Trinajstić information content (AvgIpc) is 2.90. The molecule has 1 aliphatic heterocycles. The van der Waals surface area contributed by atoms with Gasteiger partial charge in [-0.3, -0.25) is 19.4 Å². The Bertz CT molecular complexity index is 1260. The Labute approximate surface area is 212 Å². The largest absolute Gasteiger partial charge is 0.345 e. The minimum Gasteiger partial charge on any atom is -0.345 e. The standard InChI is InChI=1S/C30H34N4O2/c35-29-27(30(36)32-28-14-6-12-24-11-4-5-13-26(24)28)16-15-25(31-29)22-34-20-18-33(19-21-34)17-7-10-23-8-2-1-3-9-23/h1-5,7-11,13,15-16,28H,6,12,14,17-22H2,(H,31,35)(H,32,36)/b10-7+/t28-/m0/s1. The second-order valence-corrected chi connectivity index (χ2v) is 9.73. The Kier molecular flexibility index (Phi) is 7.74. The van der Waals surface area contributed by atoms with Crippen LogP contribution in [0.5, 0.6) is 0 Å². The molecule has 6 heteroatoms. The highest BCUT2D eigenvalue weighted by Gasteiger charge is 2.23. The normalized spacial score (nSPS) is 18.7. The molecule has 2 heterocycles. The second-order valence-electron chi connectivity index (χ2n) is 9.73. The Morgan fingerprint density at radius 2 is 1.69 bits per heavy atom. The van der Waals surface area contributed by atoms with Crippen LogP contribution in [0.25, 0.3) is 6.08 Å². The van der Waals surface area contributed by atoms with E-state index in [2.05, 4.69) is 68.7 Å². The number of piperazine rings is 1. The average molecular weight is 483 g/mol. The summed E-state index contributed by atoms with van der Waals surface area (Å²) < 4.78 is 0. The first-order valence-electron chi connectivity index (χ1n) is 12.9. The third-order valence-corrected chi connectivity index (χ3v) is 7.22. The van der Waals surface area contributed by atoms with E-state index in [9.17, 15) is 9.59 Å². The summed E-state index contributed by atoms with van der Waals surface area (Å²) in [6.45, 7) is 5.50. The zero-order valence-corrected chi connectivity index (χ0v) is 20.7. The number of pyridine rings is 1. The summed E-state index contributed by atoms with van der Waals surface area (Å²) in [5, 5.41) is 3.08. The molecule has 186 valence electrons. The molecule has 1 aromatic heterocycles. The van der Waals surface area contributed by atoms with Crippen molar-refractivity contribution in [3.8, 4) is 0 Å². The number of rotatable bonds is 7. The van der Waals surface area contributed by atoms with Gasteiger partial charge in [-0.05, 0) is 48.1 Å². The maximum Gasteiger partial charge on any atom is 0.261 e. The highest BCUT2D eigenvalue weighted by Crippen LogP contribution is 2.29. The molecule has 36 heavy (non-hydrogen) atoms. The molecule has 1 amide bonds. The summed E-state index contributed by atoms with van der Waals surface area (Å²) in [6.07, 6.45) is 7.36. The molecule has 0 saturated carbocycles. The number of hydrogen-bond acceptors (Lipinski definition) is 4. The topological polar surface area (TPSA) is 68.4 Å². The lowest BCUT2D eigenvalue weighted by atomic mass is 9.87. The number of benzene rings is 2. The fraction of sp³-hybridized carbons (Fsp3) is 0.333. The second kappa shape index (κ2) is 11.5. The van der Waals surface area contributed by atoms with Crippen molar-refractivity contribution in [2.75, 3.05) is 32.7 Å². The van der Waals surface area contributed by atoms with E-state index in [0.29, 0.717) is 6.54 Å². The van der Waals surface area contributed by atoms with Gasteiger partial charge >= 0.3 is 0 Å². The molecule has 6 nitrogen and oxygen atoms in total. The van der Waals surface area contributed by atoms with Gasteiger partial charge < -0.3 is 10.3 Å². The smallest absolute Gasteiger partial charge is 0.261 e. The lowest BCUT2D eigenvalue weighted by Gasteiger charge is -2.34. The van der Waals surface area contributed by atoms with Crippen molar-refractivity contribution in [2.24, 2.45) is 0 Å². The molecular formula is C30H34N4O2. The van der Waals surface area contributed by atoms with Gasteiger partial charge in [0.1, 0.15) is 5.56 Å². The van der Waals surface area contributed by atoms with E-state index in [1.54, 1.807) is 6.07 Å². The van der Waals surface area contributed by atoms with Gasteiger partial charge in [0, 0.05) is 45.0 Å². The van der Waals surface area contributed by atoms with Gasteiger partial charge in [-0.2, -0.15) is 0 Å². The summed E-state index contributed by atoms with van der Waals surface area (Å²) >= 11 is 0. The minimum atomic E-state index is -0.321. The number of carbonyl (C=O) groups is 1. The minimum absolute atomic E-state index is 0.0413. The van der Waals surface area contributed by atoms with Crippen LogP contribution in [0.3, 0.4) is 0 Å². The van der Waals surface area contributed by atoms with Crippen LogP contribution in [0.15, 0.2) is 77.6 Å². The maximum absolute atomic E-state index is 12.9. The number of H-pyrrole nitrogens is 1. The number of amides is 1. The number of nitrogens with zero attached hydrogens (tertiary/aromatic N) is 2. The van der Waals surface area contributed by atoms with Crippen LogP contribution in [-0.4, -0.2) is 53.4 Å². The number of aromatic nitrogens is 1. The molecule has 1 atom stereocenters. The summed E-state index contributed by atoms with van der Waals surface area (Å²) in [5.74, 6) is -0.304. The number of fused-ring (bicyclic) bond motifs is 1. The molecule has 2 N–H and O–H groups in total. The van der Waals surface area contributed by atoms with Crippen molar-refractivity contribution < 1.29 is 4.79 Å². The fourth-order valence-corrected chi connectivity index (χ4v) is 5.20. The molecule has 1 saturated heterocycles. The van der Waals surface area contributed by atoms with Gasteiger partial charge in [0.15, 0.2) is 0 Å². The summed E-state index contributed by atoms with van der Waals surface area (Å²) in [5.41, 5.74) is 4.37. The summed E-state index contributed by atoms with van der Waals surface area (Å²) in [6, 6.07) is 22.1. The van der Waals surface area contributed by atoms with Gasteiger partial charge in [0.25, 0.3) is 11.5 Å². The predicted molar refractivity (Wildman–Crippen MR) is 144 cm³/mol. The van der Waals surface area contributed by atoms with E-state index in [-0.39, 0.29) is 23.1 Å². The molecule has 0 unspecified atom stereocenters. The van der Waals surface area contributed by atoms with Crippen molar-refractivity contribution in [1.82, 2.24) is 20.1 Å². The Hall–Kier alpha value is -3.48. The van der Waals surface area contributed by atoms with Crippen molar-refractivity contribution in [3.63, 3.8) is 0 Å². The van der Waals surface area contributed by atoms with Crippen LogP contribution in [0.1, 0.15) is 51.6 Å². The number of aryl methyl sites for hydroxylation is 1. The van der Waals surface area contributed by atoms with E-state index < -0.39 is 0 Å². The van der Waals surface area contributed by atoms with Crippen LogP contribution in [0.2, 0.25) is 0 Å². The van der Waals surface area contributed by atoms with Crippen LogP contribution in [0, 0.1) is 0 Å². The third kappa shape index (κ3) is 6.01. The molecule has 2 aromatic carbocycles. The predicted octanol–water partition coefficient (Wildman–Crippen LogP) is 4.01. The number of nitrogens with one attached hydrogen (secondary N) is 2. The quantitative estimate of drug-likeness (QED) is 0.534. The van der Waals surface area contributed by atoms with E-state index in [0.717, 1.165) is 57.7 Å². The molecule has 2 aliphatic rings. The first-order chi connectivity index (χ1) is 17.7. The maximum atomic E-state index is 12.9. The Morgan fingerprint density at radius 3 is 2.50 bits per heavy atom. The lowest BCUT2D eigenvalue weighted by molar-refractivity contribution is 0.0931. The number of hydrogen-bond donors (Lipinski definition) is 2. The van der Waals surface area contributed by atoms with Crippen LogP contribution in [0.4, 0.5) is 0 Å². The summed E-state index contributed by atoms with van der Waals surface area (Å²) in [4.78, 5) is 33.4. The van der Waals surface area contributed by atoms with Crippen molar-refractivity contribution >= 4 is 12.0 Å². The van der Waals surface area contributed by atoms with Crippen LogP contribution in [-0.2, 0) is 13.0 Å². The summed E-state index contributed by atoms with van der Waals surface area (Å²) in [7, 11) is 0. The SMILES string of the molecule is O=C(N[C@H]1CCCc2ccccc21)c1ccc(CN2CCN(C/C=C/c3ccccc3)CC2)[nH]c1=O.